The Morgan fingerprint density at radius 2 is 0.571 bits per heavy atom. The third-order valence-corrected chi connectivity index (χ3v) is 13.7. The Morgan fingerprint density at radius 3 is 0.984 bits per heavy atom. The van der Waals surface area contributed by atoms with Crippen molar-refractivity contribution in [3.8, 4) is 17.2 Å². The molecule has 2 aliphatic rings. The Balaban J connectivity index is 1.44. The first-order chi connectivity index (χ1) is 31.3. The maximum Gasteiger partial charge on any atom is 0.155 e. The van der Waals surface area contributed by atoms with Gasteiger partial charge in [-0.15, -0.1) is 0 Å². The summed E-state index contributed by atoms with van der Waals surface area (Å²) in [5.41, 5.74) is 12.4. The zero-order valence-corrected chi connectivity index (χ0v) is 34.7. The average molecular weight is 806 g/mol. The van der Waals surface area contributed by atoms with Gasteiger partial charge < -0.3 is 9.30 Å². The third kappa shape index (κ3) is 5.07. The van der Waals surface area contributed by atoms with Gasteiger partial charge in [-0.05, 0) is 62.7 Å². The number of aromatic nitrogens is 1. The molecule has 12 rings (SSSR count). The lowest BCUT2D eigenvalue weighted by atomic mass is 9.52. The predicted octanol–water partition coefficient (Wildman–Crippen LogP) is 14.0. The van der Waals surface area contributed by atoms with E-state index in [0.29, 0.717) is 0 Å². The highest BCUT2D eigenvalue weighted by molar-refractivity contribution is 5.83. The molecule has 0 N–H and O–H groups in total. The molecule has 63 heavy (non-hydrogen) atoms. The first-order valence-corrected chi connectivity index (χ1v) is 21.9. The number of hydrogen-bond acceptors (Lipinski definition) is 1. The minimum absolute atomic E-state index is 0.838. The van der Waals surface area contributed by atoms with E-state index in [1.54, 1.807) is 0 Å². The molecule has 1 aromatic heterocycles. The van der Waals surface area contributed by atoms with E-state index in [4.69, 9.17) is 4.74 Å². The second-order valence-electron chi connectivity index (χ2n) is 16.7. The zero-order chi connectivity index (χ0) is 41.9. The van der Waals surface area contributed by atoms with Crippen LogP contribution >= 0.6 is 0 Å². The number of rotatable bonds is 7. The molecule has 0 bridgehead atoms. The van der Waals surface area contributed by atoms with E-state index in [-0.39, 0.29) is 0 Å². The van der Waals surface area contributed by atoms with Crippen molar-refractivity contribution in [2.45, 2.75) is 16.2 Å². The summed E-state index contributed by atoms with van der Waals surface area (Å²) < 4.78 is 10.5. The first-order valence-electron chi connectivity index (χ1n) is 21.9. The summed E-state index contributed by atoms with van der Waals surface area (Å²) in [7, 11) is 0. The van der Waals surface area contributed by atoms with E-state index in [2.05, 4.69) is 265 Å². The van der Waals surface area contributed by atoms with Crippen LogP contribution in [0.1, 0.15) is 67.0 Å². The number of fused-ring (bicyclic) bond motifs is 5. The molecular weight excluding hydrogens is 763 g/mol. The summed E-state index contributed by atoms with van der Waals surface area (Å²) in [5, 5.41) is 0. The lowest BCUT2D eigenvalue weighted by Crippen LogP contribution is -2.46. The molecular formula is C61H43NO. The summed E-state index contributed by atoms with van der Waals surface area (Å²) >= 11 is 0. The van der Waals surface area contributed by atoms with Gasteiger partial charge in [0.05, 0.1) is 27.6 Å². The molecule has 1 aliphatic heterocycles. The molecule has 2 nitrogen and oxygen atoms in total. The summed E-state index contributed by atoms with van der Waals surface area (Å²) in [6.45, 7) is 0. The van der Waals surface area contributed by atoms with E-state index >= 15 is 0 Å². The summed E-state index contributed by atoms with van der Waals surface area (Å²) in [6, 6.07) is 95.7. The van der Waals surface area contributed by atoms with Crippen molar-refractivity contribution in [1.29, 1.82) is 0 Å². The first kappa shape index (κ1) is 36.9. The lowest BCUT2D eigenvalue weighted by Gasteiger charge is -2.50. The van der Waals surface area contributed by atoms with Gasteiger partial charge in [-0.2, -0.15) is 0 Å². The normalized spacial score (nSPS) is 14.9. The molecule has 9 aromatic carbocycles. The van der Waals surface area contributed by atoms with Gasteiger partial charge in [0.15, 0.2) is 5.75 Å². The standard InChI is InChI=1S/C61H43NO/c1-8-26-44(27-9-1)59(45-28-10-2-11-29-45)51-40-22-23-41-52(51)60(46-30-12-3-13-31-46,47-32-14-4-15-33-47)57-55(59)56-58(62(57)50-38-20-7-21-39-50)61(48-34-16-5-17-35-48,49-36-18-6-19-37-49)53-42-24-25-43-54(53)63-56/h1-43H. The van der Waals surface area contributed by atoms with Crippen molar-refractivity contribution in [3.63, 3.8) is 0 Å². The second kappa shape index (κ2) is 14.6. The van der Waals surface area contributed by atoms with Crippen molar-refractivity contribution < 1.29 is 4.74 Å². The Morgan fingerprint density at radius 1 is 0.270 bits per heavy atom. The van der Waals surface area contributed by atoms with Gasteiger partial charge in [0.25, 0.3) is 0 Å². The Labute approximate surface area is 369 Å². The average Bonchev–Trinajstić information content (AvgIpc) is 3.72. The fraction of sp³-hybridized carbons (Fsp3) is 0.0492. The van der Waals surface area contributed by atoms with Gasteiger partial charge in [0, 0.05) is 16.8 Å². The van der Waals surface area contributed by atoms with Crippen molar-refractivity contribution in [2.24, 2.45) is 0 Å². The number of hydrogen-bond donors (Lipinski definition) is 0. The SMILES string of the molecule is c1ccc(-n2c3c(c4c2C(c2ccccc2)(c2ccccc2)c2ccccc2C4(c2ccccc2)c2ccccc2)Oc2ccccc2C3(c2ccccc2)c2ccccc2)cc1. The molecule has 2 heterocycles. The van der Waals surface area contributed by atoms with Crippen LogP contribution in [0.3, 0.4) is 0 Å². The third-order valence-electron chi connectivity index (χ3n) is 13.7. The van der Waals surface area contributed by atoms with E-state index in [0.717, 1.165) is 50.8 Å². The smallest absolute Gasteiger partial charge is 0.155 e. The lowest BCUT2D eigenvalue weighted by molar-refractivity contribution is 0.420. The van der Waals surface area contributed by atoms with Crippen molar-refractivity contribution >= 4 is 0 Å². The van der Waals surface area contributed by atoms with Gasteiger partial charge in [0.2, 0.25) is 0 Å². The largest absolute Gasteiger partial charge is 0.455 e. The minimum atomic E-state index is -0.850. The molecule has 1 aliphatic carbocycles. The predicted molar refractivity (Wildman–Crippen MR) is 254 cm³/mol. The highest BCUT2D eigenvalue weighted by Gasteiger charge is 2.61. The topological polar surface area (TPSA) is 14.2 Å². The molecule has 0 spiro atoms. The zero-order valence-electron chi connectivity index (χ0n) is 34.7. The number of ether oxygens (including phenoxy) is 1. The maximum absolute atomic E-state index is 7.83. The molecule has 2 heteroatoms. The highest BCUT2D eigenvalue weighted by atomic mass is 16.5. The molecule has 0 amide bonds. The highest BCUT2D eigenvalue weighted by Crippen LogP contribution is 2.68. The fourth-order valence-electron chi connectivity index (χ4n) is 11.4. The maximum atomic E-state index is 7.83. The van der Waals surface area contributed by atoms with Crippen LogP contribution < -0.4 is 4.74 Å². The molecule has 0 unspecified atom stereocenters. The van der Waals surface area contributed by atoms with Gasteiger partial charge in [0.1, 0.15) is 5.75 Å². The monoisotopic (exact) mass is 805 g/mol. The summed E-state index contributed by atoms with van der Waals surface area (Å²) in [4.78, 5) is 0. The molecule has 298 valence electrons. The van der Waals surface area contributed by atoms with E-state index in [9.17, 15) is 0 Å². The van der Waals surface area contributed by atoms with Crippen LogP contribution in [-0.2, 0) is 16.2 Å². The summed E-state index contributed by atoms with van der Waals surface area (Å²) in [5.74, 6) is 1.70. The molecule has 0 atom stereocenters. The van der Waals surface area contributed by atoms with E-state index < -0.39 is 16.2 Å². The van der Waals surface area contributed by atoms with Crippen LogP contribution in [0.2, 0.25) is 0 Å². The van der Waals surface area contributed by atoms with Gasteiger partial charge >= 0.3 is 0 Å². The van der Waals surface area contributed by atoms with Crippen LogP contribution in [0, 0.1) is 0 Å². The van der Waals surface area contributed by atoms with Crippen LogP contribution in [0.5, 0.6) is 11.5 Å². The molecule has 0 saturated carbocycles. The number of nitrogens with zero attached hydrogens (tertiary/aromatic N) is 1. The Hall–Kier alpha value is -7.94. The van der Waals surface area contributed by atoms with Crippen molar-refractivity contribution in [1.82, 2.24) is 4.57 Å². The molecule has 0 radical (unpaired) electrons. The second-order valence-corrected chi connectivity index (χ2v) is 16.7. The number of benzene rings is 9. The van der Waals surface area contributed by atoms with Crippen LogP contribution in [0.15, 0.2) is 261 Å². The Bertz CT molecular complexity index is 3100. The van der Waals surface area contributed by atoms with Gasteiger partial charge in [-0.25, -0.2) is 0 Å². The van der Waals surface area contributed by atoms with E-state index in [1.807, 2.05) is 0 Å². The molecule has 0 fully saturated rings. The molecule has 10 aromatic rings. The van der Waals surface area contributed by atoms with Crippen molar-refractivity contribution in [2.75, 3.05) is 0 Å². The number of para-hydroxylation sites is 2. The minimum Gasteiger partial charge on any atom is -0.455 e. The van der Waals surface area contributed by atoms with Gasteiger partial charge in [-0.1, -0.05) is 243 Å². The fourth-order valence-corrected chi connectivity index (χ4v) is 11.4. The van der Waals surface area contributed by atoms with Crippen LogP contribution in [0.25, 0.3) is 5.69 Å². The van der Waals surface area contributed by atoms with Crippen LogP contribution in [0.4, 0.5) is 0 Å². The Kier molecular flexibility index (Phi) is 8.55. The van der Waals surface area contributed by atoms with Gasteiger partial charge in [-0.3, -0.25) is 0 Å². The van der Waals surface area contributed by atoms with Crippen LogP contribution in [-0.4, -0.2) is 4.57 Å². The summed E-state index contributed by atoms with van der Waals surface area (Å²) in [6.07, 6.45) is 0. The van der Waals surface area contributed by atoms with Crippen molar-refractivity contribution in [3.05, 3.63) is 328 Å². The van der Waals surface area contributed by atoms with E-state index in [1.165, 1.54) is 33.4 Å². The quantitative estimate of drug-likeness (QED) is 0.156. The molecule has 0 saturated heterocycles.